The predicted molar refractivity (Wildman–Crippen MR) is 55.3 cm³/mol. The van der Waals surface area contributed by atoms with E-state index < -0.39 is 23.0 Å². The van der Waals surface area contributed by atoms with Crippen molar-refractivity contribution in [3.63, 3.8) is 0 Å². The van der Waals surface area contributed by atoms with Gasteiger partial charge in [-0.1, -0.05) is 0 Å². The van der Waals surface area contributed by atoms with Gasteiger partial charge in [0.15, 0.2) is 0 Å². The molecule has 0 saturated carbocycles. The molecule has 0 saturated heterocycles. The van der Waals surface area contributed by atoms with E-state index in [9.17, 15) is 13.2 Å². The average Bonchev–Trinajstić information content (AvgIpc) is 2.14. The number of hydrogen-bond donors (Lipinski definition) is 3. The molecule has 3 N–H and O–H groups in total. The molecule has 0 amide bonds. The molecule has 92 valence electrons. The molecular weight excluding hydrogens is 238 g/mol. The van der Waals surface area contributed by atoms with Crippen LogP contribution in [0.15, 0.2) is 18.3 Å². The second-order valence-corrected chi connectivity index (χ2v) is 3.12. The molecule has 0 aromatic carbocycles. The van der Waals surface area contributed by atoms with Gasteiger partial charge >= 0.3 is 94.7 Å². The molecule has 1 aromatic rings. The number of hydroxylamine groups is 1. The van der Waals surface area contributed by atoms with Gasteiger partial charge in [0.1, 0.15) is 0 Å². The zero-order valence-electron chi connectivity index (χ0n) is 8.75. The predicted octanol–water partition coefficient (Wildman–Crippen LogP) is 1.49. The molecule has 0 aliphatic heterocycles. The average molecular weight is 247 g/mol. The number of aromatic hydroxyl groups is 2. The van der Waals surface area contributed by atoms with Crippen molar-refractivity contribution in [1.29, 1.82) is 0 Å². The Balaban J connectivity index is 3.22. The monoisotopic (exact) mass is 247 g/mol. The molecule has 4 nitrogen and oxygen atoms in total. The van der Waals surface area contributed by atoms with Crippen LogP contribution in [0, 0.1) is 0 Å². The Kier molecular flexibility index (Phi) is 4.00. The van der Waals surface area contributed by atoms with Gasteiger partial charge in [0.2, 0.25) is 0 Å². The Morgan fingerprint density at radius 1 is 1.35 bits per heavy atom. The fraction of sp³-hybridized carbons (Fsp3) is 0.222. The Labute approximate surface area is 95.5 Å². The van der Waals surface area contributed by atoms with Gasteiger partial charge in [-0.3, -0.25) is 0 Å². The van der Waals surface area contributed by atoms with Crippen molar-refractivity contribution in [2.75, 3.05) is 7.11 Å². The molecule has 0 aliphatic carbocycles. The summed E-state index contributed by atoms with van der Waals surface area (Å²) in [5, 5.41) is 18.3. The zero-order valence-corrected chi connectivity index (χ0v) is 8.75. The van der Waals surface area contributed by atoms with Crippen LogP contribution in [0.2, 0.25) is 0 Å². The first-order chi connectivity index (χ1) is 7.84. The molecule has 1 heterocycles. The number of nitrogens with one attached hydrogen (secondary N) is 1. The van der Waals surface area contributed by atoms with Crippen LogP contribution in [-0.2, 0) is 4.84 Å². The first-order valence-electron chi connectivity index (χ1n) is 4.44. The number of hydrogen-bond acceptors (Lipinski definition) is 4. The van der Waals surface area contributed by atoms with Crippen LogP contribution in [-0.4, -0.2) is 30.4 Å². The van der Waals surface area contributed by atoms with E-state index in [0.29, 0.717) is 6.20 Å². The summed E-state index contributed by atoms with van der Waals surface area (Å²) < 4.78 is 38.0. The number of allylic oxidation sites excluding steroid dienone is 1. The van der Waals surface area contributed by atoms with Crippen LogP contribution in [0.1, 0.15) is 5.56 Å². The molecule has 1 rings (SSSR count). The van der Waals surface area contributed by atoms with Gasteiger partial charge in [0.25, 0.3) is 0 Å². The van der Waals surface area contributed by atoms with Crippen LogP contribution >= 0.6 is 0 Å². The SMILES string of the molecule is CON/C=C(/c1cc(O)bc(O)c1)C(F)(F)F. The van der Waals surface area contributed by atoms with E-state index in [1.54, 1.807) is 0 Å². The summed E-state index contributed by atoms with van der Waals surface area (Å²) in [7, 11) is 1.16. The maximum atomic E-state index is 12.7. The van der Waals surface area contributed by atoms with E-state index in [0.717, 1.165) is 26.2 Å². The third kappa shape index (κ3) is 3.67. The molecule has 0 fully saturated rings. The molecule has 17 heavy (non-hydrogen) atoms. The summed E-state index contributed by atoms with van der Waals surface area (Å²) in [4.78, 5) is 4.30. The van der Waals surface area contributed by atoms with Gasteiger partial charge in [-0.25, -0.2) is 0 Å². The van der Waals surface area contributed by atoms with Crippen molar-refractivity contribution in [3.05, 3.63) is 23.9 Å². The maximum absolute atomic E-state index is 12.7. The molecule has 0 unspecified atom stereocenters. The summed E-state index contributed by atoms with van der Waals surface area (Å²) >= 11 is 0. The molecule has 1 aromatic heterocycles. The van der Waals surface area contributed by atoms with E-state index in [-0.39, 0.29) is 5.56 Å². The van der Waals surface area contributed by atoms with Gasteiger partial charge in [0, 0.05) is 0 Å². The Bertz CT molecular complexity index is 414. The van der Waals surface area contributed by atoms with Gasteiger partial charge in [-0.2, -0.15) is 0 Å². The summed E-state index contributed by atoms with van der Waals surface area (Å²) in [6.07, 6.45) is -4.06. The van der Waals surface area contributed by atoms with Crippen molar-refractivity contribution in [1.82, 2.24) is 5.48 Å². The van der Waals surface area contributed by atoms with Crippen LogP contribution < -0.4 is 5.48 Å². The molecule has 8 heteroatoms. The molecule has 0 aliphatic rings. The quantitative estimate of drug-likeness (QED) is 0.708. The van der Waals surface area contributed by atoms with Crippen molar-refractivity contribution in [2.45, 2.75) is 6.18 Å². The number of alkyl halides is 3. The number of rotatable bonds is 3. The molecule has 0 radical (unpaired) electrons. The fourth-order valence-electron chi connectivity index (χ4n) is 1.20. The third-order valence-corrected chi connectivity index (χ3v) is 1.84. The fourth-order valence-corrected chi connectivity index (χ4v) is 1.20. The van der Waals surface area contributed by atoms with E-state index in [4.69, 9.17) is 10.2 Å². The van der Waals surface area contributed by atoms with E-state index in [1.165, 1.54) is 0 Å². The first-order valence-corrected chi connectivity index (χ1v) is 4.44. The van der Waals surface area contributed by atoms with Gasteiger partial charge < -0.3 is 0 Å². The third-order valence-electron chi connectivity index (χ3n) is 1.84. The summed E-state index contributed by atoms with van der Waals surface area (Å²) in [5.74, 6) is 0. The van der Waals surface area contributed by atoms with Crippen molar-refractivity contribution >= 4 is 12.5 Å². The van der Waals surface area contributed by atoms with Crippen LogP contribution in [0.25, 0.3) is 5.57 Å². The van der Waals surface area contributed by atoms with Gasteiger partial charge in [-0.15, -0.1) is 0 Å². The van der Waals surface area contributed by atoms with E-state index >= 15 is 0 Å². The van der Waals surface area contributed by atoms with Crippen molar-refractivity contribution in [3.8, 4) is 11.3 Å². The van der Waals surface area contributed by atoms with Crippen LogP contribution in [0.4, 0.5) is 13.2 Å². The summed E-state index contributed by atoms with van der Waals surface area (Å²) in [5.41, 5.74) is -0.437. The van der Waals surface area contributed by atoms with Gasteiger partial charge in [0.05, 0.1) is 0 Å². The van der Waals surface area contributed by atoms with Crippen LogP contribution in [0.5, 0.6) is 11.3 Å². The normalized spacial score (nSPS) is 12.4. The standard InChI is InChI=1S/C9H9BF3NO3/c1-17-14-4-6(9(11,12)13)5-2-7(15)10-8(16)3-5/h2-4,14-16H,1H3/b6-4-. The first kappa shape index (κ1) is 13.4. The summed E-state index contributed by atoms with van der Waals surface area (Å²) in [6, 6.07) is 1.77. The van der Waals surface area contributed by atoms with Crippen molar-refractivity contribution < 1.29 is 28.2 Å². The second kappa shape index (κ2) is 5.09. The molecule has 0 spiro atoms. The van der Waals surface area contributed by atoms with Crippen LogP contribution in [0.3, 0.4) is 0 Å². The Hall–Kier alpha value is -1.70. The Morgan fingerprint density at radius 2 is 1.88 bits per heavy atom. The van der Waals surface area contributed by atoms with E-state index in [2.05, 4.69) is 4.84 Å². The van der Waals surface area contributed by atoms with E-state index in [1.807, 2.05) is 5.48 Å². The number of halogens is 3. The van der Waals surface area contributed by atoms with Crippen molar-refractivity contribution in [2.24, 2.45) is 0 Å². The Morgan fingerprint density at radius 3 is 2.29 bits per heavy atom. The molecular formula is C9H9BF3NO3. The zero-order chi connectivity index (χ0) is 13.1. The van der Waals surface area contributed by atoms with Gasteiger partial charge in [-0.05, 0) is 0 Å². The minimum absolute atomic E-state index is 0.375. The molecule has 0 bridgehead atoms. The summed E-state index contributed by atoms with van der Waals surface area (Å²) in [6.45, 7) is 0.932. The topological polar surface area (TPSA) is 61.7 Å². The molecule has 0 atom stereocenters. The minimum atomic E-state index is -4.65. The second-order valence-electron chi connectivity index (χ2n) is 3.12.